The molecule has 0 aliphatic carbocycles. The maximum Gasteiger partial charge on any atom is 0.250 e. The first kappa shape index (κ1) is 15.8. The maximum absolute atomic E-state index is 11.5. The Balaban J connectivity index is 2.32. The molecule has 0 aliphatic heterocycles. The number of rotatable bonds is 9. The topological polar surface area (TPSA) is 50.4 Å². The molecule has 1 amide bonds. The van der Waals surface area contributed by atoms with E-state index in [1.807, 2.05) is 24.3 Å². The number of carbonyl (C=O) groups excluding carboxylic acids is 1. The van der Waals surface area contributed by atoms with E-state index in [-0.39, 0.29) is 12.5 Å². The number of amides is 1. The summed E-state index contributed by atoms with van der Waals surface area (Å²) in [5, 5.41) is 6.08. The van der Waals surface area contributed by atoms with Crippen LogP contribution in [0, 0.1) is 0 Å². The van der Waals surface area contributed by atoms with Gasteiger partial charge in [0.1, 0.15) is 6.61 Å². The molecule has 0 unspecified atom stereocenters. The van der Waals surface area contributed by atoms with Gasteiger partial charge in [-0.15, -0.1) is 11.6 Å². The fourth-order valence-corrected chi connectivity index (χ4v) is 1.61. The van der Waals surface area contributed by atoms with Crippen LogP contribution in [0.4, 0.5) is 11.4 Å². The molecule has 5 heteroatoms. The van der Waals surface area contributed by atoms with E-state index in [4.69, 9.17) is 16.3 Å². The van der Waals surface area contributed by atoms with E-state index in [0.29, 0.717) is 12.5 Å². The highest BCUT2D eigenvalue weighted by Crippen LogP contribution is 2.13. The van der Waals surface area contributed by atoms with Gasteiger partial charge in [0.15, 0.2) is 0 Å². The lowest BCUT2D eigenvalue weighted by atomic mass is 10.2. The van der Waals surface area contributed by atoms with Gasteiger partial charge in [-0.25, -0.2) is 0 Å². The molecule has 1 aromatic carbocycles. The Kier molecular flexibility index (Phi) is 8.02. The van der Waals surface area contributed by atoms with Crippen LogP contribution < -0.4 is 10.6 Å². The van der Waals surface area contributed by atoms with E-state index in [1.54, 1.807) is 0 Å². The Morgan fingerprint density at radius 2 is 1.95 bits per heavy atom. The van der Waals surface area contributed by atoms with Crippen LogP contribution in [0.1, 0.15) is 19.8 Å². The minimum Gasteiger partial charge on any atom is -0.385 e. The third-order valence-corrected chi connectivity index (χ3v) is 2.64. The summed E-state index contributed by atoms with van der Waals surface area (Å²) < 4.78 is 5.05. The Hall–Kier alpha value is -1.26. The number of anilines is 2. The minimum atomic E-state index is -0.170. The van der Waals surface area contributed by atoms with Crippen molar-refractivity contribution in [3.05, 3.63) is 24.3 Å². The molecular weight excluding hydrogens is 264 g/mol. The van der Waals surface area contributed by atoms with E-state index < -0.39 is 0 Å². The van der Waals surface area contributed by atoms with Crippen molar-refractivity contribution < 1.29 is 9.53 Å². The Bertz CT molecular complexity index is 368. The van der Waals surface area contributed by atoms with Crippen molar-refractivity contribution in [2.45, 2.75) is 19.8 Å². The zero-order valence-electron chi connectivity index (χ0n) is 11.2. The molecule has 0 aromatic heterocycles. The summed E-state index contributed by atoms with van der Waals surface area (Å²) in [6, 6.07) is 7.64. The summed E-state index contributed by atoms with van der Waals surface area (Å²) in [7, 11) is 0. The molecule has 0 saturated carbocycles. The SMILES string of the molecule is CCCCNc1ccc(NC(=O)COCCCl)cc1. The quantitative estimate of drug-likeness (QED) is 0.541. The molecule has 1 rings (SSSR count). The molecule has 106 valence electrons. The van der Waals surface area contributed by atoms with E-state index in [2.05, 4.69) is 17.6 Å². The highest BCUT2D eigenvalue weighted by molar-refractivity contribution is 6.18. The first-order chi connectivity index (χ1) is 9.26. The maximum atomic E-state index is 11.5. The molecule has 0 aliphatic rings. The number of nitrogens with one attached hydrogen (secondary N) is 2. The van der Waals surface area contributed by atoms with E-state index in [0.717, 1.165) is 24.3 Å². The zero-order valence-corrected chi connectivity index (χ0v) is 12.0. The molecular formula is C14H21ClN2O2. The zero-order chi connectivity index (χ0) is 13.9. The lowest BCUT2D eigenvalue weighted by molar-refractivity contribution is -0.120. The van der Waals surface area contributed by atoms with Crippen LogP contribution in [0.15, 0.2) is 24.3 Å². The lowest BCUT2D eigenvalue weighted by Gasteiger charge is -2.08. The highest BCUT2D eigenvalue weighted by atomic mass is 35.5. The second kappa shape index (κ2) is 9.64. The average molecular weight is 285 g/mol. The lowest BCUT2D eigenvalue weighted by Crippen LogP contribution is -2.18. The number of ether oxygens (including phenoxy) is 1. The number of benzene rings is 1. The molecule has 4 nitrogen and oxygen atoms in total. The van der Waals surface area contributed by atoms with Crippen molar-refractivity contribution in [3.63, 3.8) is 0 Å². The molecule has 0 fully saturated rings. The number of carbonyl (C=O) groups is 1. The van der Waals surface area contributed by atoms with Gasteiger partial charge >= 0.3 is 0 Å². The van der Waals surface area contributed by atoms with Crippen LogP contribution in [-0.2, 0) is 9.53 Å². The van der Waals surface area contributed by atoms with Crippen molar-refractivity contribution in [3.8, 4) is 0 Å². The summed E-state index contributed by atoms with van der Waals surface area (Å²) in [4.78, 5) is 11.5. The van der Waals surface area contributed by atoms with Gasteiger partial charge in [0.25, 0.3) is 0 Å². The fraction of sp³-hybridized carbons (Fsp3) is 0.500. The number of hydrogen-bond donors (Lipinski definition) is 2. The standard InChI is InChI=1S/C14H21ClN2O2/c1-2-3-9-16-12-4-6-13(7-5-12)17-14(18)11-19-10-8-15/h4-7,16H,2-3,8-11H2,1H3,(H,17,18). The summed E-state index contributed by atoms with van der Waals surface area (Å²) in [6.07, 6.45) is 2.32. The average Bonchev–Trinajstić information content (AvgIpc) is 2.41. The molecule has 0 atom stereocenters. The van der Waals surface area contributed by atoms with E-state index in [9.17, 15) is 4.79 Å². The summed E-state index contributed by atoms with van der Waals surface area (Å²) in [5.74, 6) is 0.225. The molecule has 0 heterocycles. The van der Waals surface area contributed by atoms with Gasteiger partial charge in [-0.05, 0) is 30.7 Å². The van der Waals surface area contributed by atoms with Crippen molar-refractivity contribution in [2.24, 2.45) is 0 Å². The number of unbranched alkanes of at least 4 members (excludes halogenated alkanes) is 1. The van der Waals surface area contributed by atoms with Gasteiger partial charge in [-0.3, -0.25) is 4.79 Å². The molecule has 0 radical (unpaired) electrons. The van der Waals surface area contributed by atoms with Crippen LogP contribution in [0.5, 0.6) is 0 Å². The number of alkyl halides is 1. The van der Waals surface area contributed by atoms with Crippen molar-refractivity contribution >= 4 is 28.9 Å². The third kappa shape index (κ3) is 7.03. The highest BCUT2D eigenvalue weighted by Gasteiger charge is 2.02. The molecule has 0 bridgehead atoms. The Morgan fingerprint density at radius 1 is 1.26 bits per heavy atom. The minimum absolute atomic E-state index is 0.0310. The molecule has 1 aromatic rings. The van der Waals surface area contributed by atoms with Gasteiger partial charge in [0.2, 0.25) is 5.91 Å². The summed E-state index contributed by atoms with van der Waals surface area (Å²) >= 11 is 5.45. The molecule has 2 N–H and O–H groups in total. The number of halogens is 1. The monoisotopic (exact) mass is 284 g/mol. The first-order valence-corrected chi connectivity index (χ1v) is 7.07. The summed E-state index contributed by atoms with van der Waals surface area (Å²) in [5.41, 5.74) is 1.82. The second-order valence-corrected chi connectivity index (χ2v) is 4.53. The van der Waals surface area contributed by atoms with Crippen LogP contribution in [0.2, 0.25) is 0 Å². The Morgan fingerprint density at radius 3 is 2.58 bits per heavy atom. The van der Waals surface area contributed by atoms with Crippen LogP contribution in [-0.4, -0.2) is 31.5 Å². The third-order valence-electron chi connectivity index (χ3n) is 2.48. The van der Waals surface area contributed by atoms with E-state index >= 15 is 0 Å². The van der Waals surface area contributed by atoms with Gasteiger partial charge < -0.3 is 15.4 Å². The first-order valence-electron chi connectivity index (χ1n) is 6.53. The smallest absolute Gasteiger partial charge is 0.250 e. The van der Waals surface area contributed by atoms with Crippen LogP contribution in [0.3, 0.4) is 0 Å². The molecule has 19 heavy (non-hydrogen) atoms. The van der Waals surface area contributed by atoms with E-state index in [1.165, 1.54) is 6.42 Å². The largest absolute Gasteiger partial charge is 0.385 e. The fourth-order valence-electron chi connectivity index (χ4n) is 1.50. The van der Waals surface area contributed by atoms with Gasteiger partial charge in [-0.2, -0.15) is 0 Å². The second-order valence-electron chi connectivity index (χ2n) is 4.15. The van der Waals surface area contributed by atoms with Gasteiger partial charge in [0, 0.05) is 23.8 Å². The van der Waals surface area contributed by atoms with Gasteiger partial charge in [0.05, 0.1) is 6.61 Å². The summed E-state index contributed by atoms with van der Waals surface area (Å²) in [6.45, 7) is 3.54. The normalized spacial score (nSPS) is 10.2. The predicted molar refractivity (Wildman–Crippen MR) is 80.0 cm³/mol. The Labute approximate surface area is 119 Å². The van der Waals surface area contributed by atoms with Gasteiger partial charge in [-0.1, -0.05) is 13.3 Å². The van der Waals surface area contributed by atoms with Crippen LogP contribution in [0.25, 0.3) is 0 Å². The van der Waals surface area contributed by atoms with Crippen LogP contribution >= 0.6 is 11.6 Å². The number of hydrogen-bond acceptors (Lipinski definition) is 3. The molecule has 0 spiro atoms. The molecule has 0 saturated heterocycles. The van der Waals surface area contributed by atoms with Crippen molar-refractivity contribution in [1.82, 2.24) is 0 Å². The van der Waals surface area contributed by atoms with Crippen molar-refractivity contribution in [2.75, 3.05) is 36.3 Å². The van der Waals surface area contributed by atoms with Crippen molar-refractivity contribution in [1.29, 1.82) is 0 Å². The predicted octanol–water partition coefficient (Wildman–Crippen LogP) is 3.09.